The Kier molecular flexibility index (Phi) is 5.19. The first-order chi connectivity index (χ1) is 13.4. The van der Waals surface area contributed by atoms with Gasteiger partial charge in [-0.05, 0) is 62.2 Å². The average molecular weight is 475 g/mol. The normalized spacial score (nSPS) is 15.8. The van der Waals surface area contributed by atoms with E-state index in [0.717, 1.165) is 28.1 Å². The number of amides is 2. The van der Waals surface area contributed by atoms with E-state index >= 15 is 0 Å². The zero-order valence-electron chi connectivity index (χ0n) is 14.4. The molecule has 1 aliphatic heterocycles. The van der Waals surface area contributed by atoms with Gasteiger partial charge in [0.2, 0.25) is 0 Å². The van der Waals surface area contributed by atoms with Crippen molar-refractivity contribution in [2.45, 2.75) is 6.54 Å². The Morgan fingerprint density at radius 3 is 2.68 bits per heavy atom. The van der Waals surface area contributed by atoms with Gasteiger partial charge in [-0.2, -0.15) is 0 Å². The average Bonchev–Trinajstić information content (AvgIpc) is 2.93. The minimum atomic E-state index is -0.390. The maximum Gasteiger partial charge on any atom is 0.293 e. The number of rotatable bonds is 3. The number of aromatic hydroxyl groups is 1. The van der Waals surface area contributed by atoms with Crippen molar-refractivity contribution in [1.29, 1.82) is 0 Å². The van der Waals surface area contributed by atoms with Crippen molar-refractivity contribution in [3.63, 3.8) is 0 Å². The summed E-state index contributed by atoms with van der Waals surface area (Å²) in [5, 5.41) is 12.3. The summed E-state index contributed by atoms with van der Waals surface area (Å²) in [5.74, 6) is -0.427. The number of thioether (sulfide) groups is 1. The quantitative estimate of drug-likeness (QED) is 0.459. The second-order valence-electron chi connectivity index (χ2n) is 6.23. The van der Waals surface area contributed by atoms with Gasteiger partial charge in [-0.15, -0.1) is 0 Å². The number of carbonyl (C=O) groups excluding carboxylic acids is 2. The fraction of sp³-hybridized carbons (Fsp3) is 0.0476. The molecule has 0 aromatic heterocycles. The highest BCUT2D eigenvalue weighted by Crippen LogP contribution is 2.38. The van der Waals surface area contributed by atoms with Gasteiger partial charge in [-0.1, -0.05) is 54.1 Å². The van der Waals surface area contributed by atoms with Gasteiger partial charge in [0.15, 0.2) is 0 Å². The number of imide groups is 1. The van der Waals surface area contributed by atoms with Crippen molar-refractivity contribution in [2.24, 2.45) is 0 Å². The van der Waals surface area contributed by atoms with E-state index in [1.807, 2.05) is 42.5 Å². The molecule has 1 fully saturated rings. The number of halogens is 2. The molecule has 1 N–H and O–H groups in total. The van der Waals surface area contributed by atoms with Crippen LogP contribution in [0.25, 0.3) is 16.8 Å². The van der Waals surface area contributed by atoms with Crippen LogP contribution >= 0.6 is 39.3 Å². The summed E-state index contributed by atoms with van der Waals surface area (Å²) in [4.78, 5) is 26.8. The van der Waals surface area contributed by atoms with Gasteiger partial charge in [0.05, 0.1) is 15.9 Å². The van der Waals surface area contributed by atoms with Crippen LogP contribution in [-0.4, -0.2) is 21.2 Å². The Morgan fingerprint density at radius 1 is 1.11 bits per heavy atom. The number of hydrogen-bond donors (Lipinski definition) is 1. The molecule has 28 heavy (non-hydrogen) atoms. The Labute approximate surface area is 178 Å². The summed E-state index contributed by atoms with van der Waals surface area (Å²) in [6.07, 6.45) is 1.49. The van der Waals surface area contributed by atoms with Crippen molar-refractivity contribution < 1.29 is 14.7 Å². The largest absolute Gasteiger partial charge is 0.506 e. The number of benzene rings is 3. The molecule has 7 heteroatoms. The molecule has 1 aliphatic rings. The number of hydrogen-bond acceptors (Lipinski definition) is 4. The van der Waals surface area contributed by atoms with E-state index in [1.165, 1.54) is 11.0 Å². The van der Waals surface area contributed by atoms with Gasteiger partial charge >= 0.3 is 0 Å². The van der Waals surface area contributed by atoms with E-state index < -0.39 is 5.91 Å². The molecule has 0 atom stereocenters. The molecule has 1 heterocycles. The molecular weight excluding hydrogens is 462 g/mol. The number of nitrogens with zero attached hydrogens (tertiary/aromatic N) is 1. The second kappa shape index (κ2) is 7.62. The number of phenolic OH excluding ortho intramolecular Hbond substituents is 1. The summed E-state index contributed by atoms with van der Waals surface area (Å²) in [6.45, 7) is 0.189. The molecule has 1 saturated heterocycles. The molecule has 3 aromatic rings. The van der Waals surface area contributed by atoms with Gasteiger partial charge in [-0.3, -0.25) is 14.5 Å². The van der Waals surface area contributed by atoms with Crippen LogP contribution < -0.4 is 0 Å². The molecule has 4 rings (SSSR count). The molecule has 0 saturated carbocycles. The van der Waals surface area contributed by atoms with Gasteiger partial charge < -0.3 is 5.11 Å². The van der Waals surface area contributed by atoms with E-state index in [2.05, 4.69) is 15.9 Å². The number of fused-ring (bicyclic) bond motifs is 1. The van der Waals surface area contributed by atoms with Crippen LogP contribution in [0, 0.1) is 0 Å². The van der Waals surface area contributed by atoms with E-state index in [0.29, 0.717) is 15.1 Å². The van der Waals surface area contributed by atoms with Crippen LogP contribution in [0.1, 0.15) is 11.1 Å². The predicted molar refractivity (Wildman–Crippen MR) is 116 cm³/mol. The summed E-state index contributed by atoms with van der Waals surface area (Å²) < 4.78 is 0.418. The molecular formula is C21H13BrClNO3S. The van der Waals surface area contributed by atoms with Crippen LogP contribution in [0.4, 0.5) is 4.79 Å². The fourth-order valence-corrected chi connectivity index (χ4v) is 4.74. The van der Waals surface area contributed by atoms with Gasteiger partial charge in [0.25, 0.3) is 11.1 Å². The summed E-state index contributed by atoms with van der Waals surface area (Å²) in [6, 6.07) is 16.8. The maximum absolute atomic E-state index is 12.8. The lowest BCUT2D eigenvalue weighted by Gasteiger charge is -2.14. The number of carbonyl (C=O) groups is 2. The van der Waals surface area contributed by atoms with Gasteiger partial charge in [0.1, 0.15) is 5.75 Å². The highest BCUT2D eigenvalue weighted by molar-refractivity contribution is 9.10. The molecule has 0 unspecified atom stereocenters. The first-order valence-electron chi connectivity index (χ1n) is 8.34. The summed E-state index contributed by atoms with van der Waals surface area (Å²) in [5.41, 5.74) is 1.27. The smallest absolute Gasteiger partial charge is 0.293 e. The number of phenols is 1. The Balaban J connectivity index is 1.66. The molecule has 140 valence electrons. The standard InChI is InChI=1S/C21H13BrClNO3S/c22-17-10-15(23)8-14(19(17)25)9-18-20(26)24(21(27)28-18)11-13-6-3-5-12-4-1-2-7-16(12)13/h1-10,25H,11H2/b18-9+. The topological polar surface area (TPSA) is 57.6 Å². The molecule has 4 nitrogen and oxygen atoms in total. The van der Waals surface area contributed by atoms with Crippen molar-refractivity contribution >= 4 is 67.3 Å². The van der Waals surface area contributed by atoms with E-state index in [1.54, 1.807) is 12.1 Å². The third-order valence-corrected chi connectivity index (χ3v) is 6.16. The molecule has 2 amide bonds. The van der Waals surface area contributed by atoms with E-state index in [4.69, 9.17) is 11.6 Å². The summed E-state index contributed by atoms with van der Waals surface area (Å²) >= 11 is 10.1. The van der Waals surface area contributed by atoms with Crippen molar-refractivity contribution in [3.8, 4) is 5.75 Å². The van der Waals surface area contributed by atoms with Crippen molar-refractivity contribution in [2.75, 3.05) is 0 Å². The third-order valence-electron chi connectivity index (χ3n) is 4.43. The van der Waals surface area contributed by atoms with Crippen LogP contribution in [0.2, 0.25) is 5.02 Å². The fourth-order valence-electron chi connectivity index (χ4n) is 3.07. The molecule has 3 aromatic carbocycles. The SMILES string of the molecule is O=C1S/C(=C/c2cc(Cl)cc(Br)c2O)C(=O)N1Cc1cccc2ccccc12. The summed E-state index contributed by atoms with van der Waals surface area (Å²) in [7, 11) is 0. The van der Waals surface area contributed by atoms with Crippen molar-refractivity contribution in [3.05, 3.63) is 80.1 Å². The van der Waals surface area contributed by atoms with E-state index in [-0.39, 0.29) is 22.4 Å². The van der Waals surface area contributed by atoms with Crippen LogP contribution in [0.5, 0.6) is 5.75 Å². The molecule has 0 bridgehead atoms. The second-order valence-corrected chi connectivity index (χ2v) is 8.52. The highest BCUT2D eigenvalue weighted by atomic mass is 79.9. The van der Waals surface area contributed by atoms with Crippen LogP contribution in [0.3, 0.4) is 0 Å². The van der Waals surface area contributed by atoms with Gasteiger partial charge in [0, 0.05) is 10.6 Å². The molecule has 0 aliphatic carbocycles. The minimum absolute atomic E-state index is 0.0368. The first kappa shape index (κ1) is 19.1. The van der Waals surface area contributed by atoms with Crippen molar-refractivity contribution in [1.82, 2.24) is 4.90 Å². The van der Waals surface area contributed by atoms with Crippen LogP contribution in [-0.2, 0) is 11.3 Å². The Morgan fingerprint density at radius 2 is 1.86 bits per heavy atom. The lowest BCUT2D eigenvalue weighted by atomic mass is 10.0. The zero-order valence-corrected chi connectivity index (χ0v) is 17.5. The predicted octanol–water partition coefficient (Wildman–Crippen LogP) is 6.20. The van der Waals surface area contributed by atoms with E-state index in [9.17, 15) is 14.7 Å². The van der Waals surface area contributed by atoms with Crippen LogP contribution in [0.15, 0.2) is 64.0 Å². The Hall–Kier alpha value is -2.28. The van der Waals surface area contributed by atoms with Gasteiger partial charge in [-0.25, -0.2) is 0 Å². The molecule has 0 spiro atoms. The maximum atomic E-state index is 12.8. The lowest BCUT2D eigenvalue weighted by Crippen LogP contribution is -2.27. The molecule has 0 radical (unpaired) electrons. The lowest BCUT2D eigenvalue weighted by molar-refractivity contribution is -0.123. The monoisotopic (exact) mass is 473 g/mol. The first-order valence-corrected chi connectivity index (χ1v) is 10.3. The highest BCUT2D eigenvalue weighted by Gasteiger charge is 2.35. The minimum Gasteiger partial charge on any atom is -0.506 e. The Bertz CT molecular complexity index is 1160. The third kappa shape index (κ3) is 3.55. The zero-order chi connectivity index (χ0) is 19.8.